The molecule has 1 aliphatic rings. The fourth-order valence-corrected chi connectivity index (χ4v) is 2.56. The molecule has 0 N–H and O–H groups in total. The van der Waals surface area contributed by atoms with Gasteiger partial charge < -0.3 is 14.4 Å². The Labute approximate surface area is 132 Å². The Morgan fingerprint density at radius 2 is 2.09 bits per heavy atom. The maximum absolute atomic E-state index is 12.1. The number of halogens is 1. The number of nitro groups is 1. The van der Waals surface area contributed by atoms with Crippen LogP contribution in [0, 0.1) is 10.1 Å². The minimum Gasteiger partial charge on any atom is -0.482 e. The van der Waals surface area contributed by atoms with Crippen molar-refractivity contribution in [3.05, 3.63) is 33.3 Å². The third kappa shape index (κ3) is 4.08. The number of carbonyl (C=O) groups excluding carboxylic acids is 1. The SMILES string of the molecule is C[C@@H]1CN(C(=O)COc2ccc([N+](=O)[O-])cc2Cl)C[C@H](C)O1. The first-order valence-electron chi connectivity index (χ1n) is 6.86. The minimum absolute atomic E-state index is 0.0179. The largest absolute Gasteiger partial charge is 0.482 e. The zero-order valence-corrected chi connectivity index (χ0v) is 13.1. The van der Waals surface area contributed by atoms with Crippen LogP contribution in [0.15, 0.2) is 18.2 Å². The molecule has 0 radical (unpaired) electrons. The van der Waals surface area contributed by atoms with Crippen LogP contribution in [-0.2, 0) is 9.53 Å². The normalized spacial score (nSPS) is 21.5. The van der Waals surface area contributed by atoms with E-state index in [1.165, 1.54) is 18.2 Å². The molecule has 1 aromatic rings. The quantitative estimate of drug-likeness (QED) is 0.625. The number of morpholine rings is 1. The molecule has 1 heterocycles. The lowest BCUT2D eigenvalue weighted by Gasteiger charge is -2.35. The summed E-state index contributed by atoms with van der Waals surface area (Å²) in [6.45, 7) is 4.67. The summed E-state index contributed by atoms with van der Waals surface area (Å²) in [5.74, 6) is 0.0754. The molecule has 7 nitrogen and oxygen atoms in total. The average molecular weight is 329 g/mol. The fourth-order valence-electron chi connectivity index (χ4n) is 2.33. The standard InChI is InChI=1S/C14H17ClN2O5/c1-9-6-16(7-10(2)22-9)14(18)8-21-13-4-3-11(17(19)20)5-12(13)15/h3-5,9-10H,6-8H2,1-2H3/t9-,10+. The molecular formula is C14H17ClN2O5. The lowest BCUT2D eigenvalue weighted by molar-refractivity contribution is -0.384. The van der Waals surface area contributed by atoms with Crippen molar-refractivity contribution >= 4 is 23.2 Å². The minimum atomic E-state index is -0.544. The van der Waals surface area contributed by atoms with Crippen molar-refractivity contribution < 1.29 is 19.2 Å². The van der Waals surface area contributed by atoms with Gasteiger partial charge in [0, 0.05) is 25.2 Å². The van der Waals surface area contributed by atoms with E-state index in [0.29, 0.717) is 13.1 Å². The monoisotopic (exact) mass is 328 g/mol. The van der Waals surface area contributed by atoms with Gasteiger partial charge in [0.15, 0.2) is 6.61 Å². The van der Waals surface area contributed by atoms with E-state index in [2.05, 4.69) is 0 Å². The molecule has 2 rings (SSSR count). The van der Waals surface area contributed by atoms with Crippen LogP contribution < -0.4 is 4.74 Å². The summed E-state index contributed by atoms with van der Waals surface area (Å²) in [6, 6.07) is 3.86. The summed E-state index contributed by atoms with van der Waals surface area (Å²) in [4.78, 5) is 23.9. The summed E-state index contributed by atoms with van der Waals surface area (Å²) in [5, 5.41) is 10.7. The zero-order chi connectivity index (χ0) is 16.3. The molecule has 0 aromatic heterocycles. The van der Waals surface area contributed by atoms with Gasteiger partial charge in [0.2, 0.25) is 0 Å². The second kappa shape index (κ2) is 6.93. The van der Waals surface area contributed by atoms with E-state index < -0.39 is 4.92 Å². The van der Waals surface area contributed by atoms with Gasteiger partial charge in [-0.2, -0.15) is 0 Å². The third-order valence-corrected chi connectivity index (χ3v) is 3.55. The van der Waals surface area contributed by atoms with Gasteiger partial charge in [0.25, 0.3) is 11.6 Å². The molecule has 0 unspecified atom stereocenters. The predicted octanol–water partition coefficient (Wildman–Crippen LogP) is 2.26. The van der Waals surface area contributed by atoms with Crippen molar-refractivity contribution in [2.45, 2.75) is 26.1 Å². The number of non-ortho nitro benzene ring substituents is 1. The van der Waals surface area contributed by atoms with Gasteiger partial charge >= 0.3 is 0 Å². The maximum atomic E-state index is 12.1. The van der Waals surface area contributed by atoms with Gasteiger partial charge in [0.05, 0.1) is 22.2 Å². The zero-order valence-electron chi connectivity index (χ0n) is 12.3. The Balaban J connectivity index is 1.95. The molecule has 0 spiro atoms. The lowest BCUT2D eigenvalue weighted by atomic mass is 10.2. The molecular weight excluding hydrogens is 312 g/mol. The van der Waals surface area contributed by atoms with Crippen LogP contribution >= 0.6 is 11.6 Å². The van der Waals surface area contributed by atoms with Gasteiger partial charge in [-0.15, -0.1) is 0 Å². The third-order valence-electron chi connectivity index (χ3n) is 3.25. The van der Waals surface area contributed by atoms with Crippen molar-refractivity contribution in [1.82, 2.24) is 4.90 Å². The van der Waals surface area contributed by atoms with E-state index in [1.54, 1.807) is 4.90 Å². The molecule has 1 aromatic carbocycles. The number of hydrogen-bond acceptors (Lipinski definition) is 5. The number of hydrogen-bond donors (Lipinski definition) is 0. The first-order chi connectivity index (χ1) is 10.4. The van der Waals surface area contributed by atoms with Crippen LogP contribution in [0.25, 0.3) is 0 Å². The number of ether oxygens (including phenoxy) is 2. The highest BCUT2D eigenvalue weighted by atomic mass is 35.5. The van der Waals surface area contributed by atoms with Crippen LogP contribution in [-0.4, -0.2) is 47.6 Å². The Morgan fingerprint density at radius 1 is 1.45 bits per heavy atom. The number of rotatable bonds is 4. The molecule has 1 fully saturated rings. The topological polar surface area (TPSA) is 81.9 Å². The second-order valence-corrected chi connectivity index (χ2v) is 5.62. The van der Waals surface area contributed by atoms with Gasteiger partial charge in [0.1, 0.15) is 5.75 Å². The van der Waals surface area contributed by atoms with Crippen LogP contribution in [0.4, 0.5) is 5.69 Å². The van der Waals surface area contributed by atoms with Crippen LogP contribution in [0.1, 0.15) is 13.8 Å². The van der Waals surface area contributed by atoms with Crippen molar-refractivity contribution in [2.24, 2.45) is 0 Å². The summed E-state index contributed by atoms with van der Waals surface area (Å²) < 4.78 is 10.9. The Morgan fingerprint density at radius 3 is 2.64 bits per heavy atom. The summed E-state index contributed by atoms with van der Waals surface area (Å²) in [6.07, 6.45) is -0.0358. The summed E-state index contributed by atoms with van der Waals surface area (Å²) in [5.41, 5.74) is -0.125. The predicted molar refractivity (Wildman–Crippen MR) is 80.2 cm³/mol. The number of nitrogens with zero attached hydrogens (tertiary/aromatic N) is 2. The number of nitro benzene ring substituents is 1. The summed E-state index contributed by atoms with van der Waals surface area (Å²) in [7, 11) is 0. The highest BCUT2D eigenvalue weighted by Gasteiger charge is 2.26. The molecule has 8 heteroatoms. The van der Waals surface area contributed by atoms with Crippen LogP contribution in [0.5, 0.6) is 5.75 Å². The number of amides is 1. The molecule has 0 bridgehead atoms. The van der Waals surface area contributed by atoms with E-state index in [9.17, 15) is 14.9 Å². The molecule has 2 atom stereocenters. The van der Waals surface area contributed by atoms with Crippen molar-refractivity contribution in [2.75, 3.05) is 19.7 Å². The van der Waals surface area contributed by atoms with Gasteiger partial charge in [-0.1, -0.05) is 11.6 Å². The first-order valence-corrected chi connectivity index (χ1v) is 7.24. The first kappa shape index (κ1) is 16.5. The maximum Gasteiger partial charge on any atom is 0.271 e. The molecule has 120 valence electrons. The molecule has 22 heavy (non-hydrogen) atoms. The molecule has 1 saturated heterocycles. The van der Waals surface area contributed by atoms with Crippen molar-refractivity contribution in [3.63, 3.8) is 0 Å². The van der Waals surface area contributed by atoms with Gasteiger partial charge in [-0.3, -0.25) is 14.9 Å². The summed E-state index contributed by atoms with van der Waals surface area (Å²) >= 11 is 5.91. The van der Waals surface area contributed by atoms with E-state index in [1.807, 2.05) is 13.8 Å². The Kier molecular flexibility index (Phi) is 5.20. The van der Waals surface area contributed by atoms with Crippen LogP contribution in [0.2, 0.25) is 5.02 Å². The molecule has 1 aliphatic heterocycles. The second-order valence-electron chi connectivity index (χ2n) is 5.22. The van der Waals surface area contributed by atoms with Crippen molar-refractivity contribution in [1.29, 1.82) is 0 Å². The highest BCUT2D eigenvalue weighted by Crippen LogP contribution is 2.28. The van der Waals surface area contributed by atoms with Crippen molar-refractivity contribution in [3.8, 4) is 5.75 Å². The molecule has 0 saturated carbocycles. The van der Waals surface area contributed by atoms with E-state index in [-0.39, 0.29) is 41.2 Å². The Bertz CT molecular complexity index is 570. The van der Waals surface area contributed by atoms with E-state index in [0.717, 1.165) is 0 Å². The molecule has 1 amide bonds. The lowest BCUT2D eigenvalue weighted by Crippen LogP contribution is -2.49. The van der Waals surface area contributed by atoms with Gasteiger partial charge in [-0.25, -0.2) is 0 Å². The van der Waals surface area contributed by atoms with E-state index in [4.69, 9.17) is 21.1 Å². The number of carbonyl (C=O) groups is 1. The molecule has 0 aliphatic carbocycles. The fraction of sp³-hybridized carbons (Fsp3) is 0.500. The smallest absolute Gasteiger partial charge is 0.271 e. The number of benzene rings is 1. The van der Waals surface area contributed by atoms with Crippen LogP contribution in [0.3, 0.4) is 0 Å². The van der Waals surface area contributed by atoms with Gasteiger partial charge in [-0.05, 0) is 19.9 Å². The highest BCUT2D eigenvalue weighted by molar-refractivity contribution is 6.32. The average Bonchev–Trinajstić information content (AvgIpc) is 2.44. The Hall–Kier alpha value is -1.86. The van der Waals surface area contributed by atoms with E-state index >= 15 is 0 Å².